The first-order chi connectivity index (χ1) is 16.0. The number of nitrogens with zero attached hydrogens (tertiary/aromatic N) is 1. The summed E-state index contributed by atoms with van der Waals surface area (Å²) in [5.74, 6) is 0. The highest BCUT2D eigenvalue weighted by molar-refractivity contribution is 5.76. The molecule has 2 unspecified atom stereocenters. The average Bonchev–Trinajstić information content (AvgIpc) is 3.19. The molecule has 178 valence electrons. The summed E-state index contributed by atoms with van der Waals surface area (Å²) in [5, 5.41) is 5.24. The van der Waals surface area contributed by atoms with Gasteiger partial charge in [-0.25, -0.2) is 4.79 Å². The zero-order valence-electron chi connectivity index (χ0n) is 17.5. The smallest absolute Gasteiger partial charge is 0.331 e. The third-order valence-corrected chi connectivity index (χ3v) is 5.70. The highest BCUT2D eigenvalue weighted by Crippen LogP contribution is 2.37. The van der Waals surface area contributed by atoms with Crippen LogP contribution in [0, 0.1) is 0 Å². The number of rotatable bonds is 4. The second-order valence-corrected chi connectivity index (χ2v) is 7.89. The molecule has 1 heterocycles. The zero-order chi connectivity index (χ0) is 24.5. The van der Waals surface area contributed by atoms with E-state index in [0.29, 0.717) is 6.42 Å². The van der Waals surface area contributed by atoms with Gasteiger partial charge in [-0.1, -0.05) is 36.4 Å². The maximum absolute atomic E-state index is 13.7. The van der Waals surface area contributed by atoms with Gasteiger partial charge in [-0.15, -0.1) is 0 Å². The van der Waals surface area contributed by atoms with Gasteiger partial charge in [-0.3, -0.25) is 4.98 Å². The van der Waals surface area contributed by atoms with Crippen LogP contribution in [0.15, 0.2) is 66.9 Å². The van der Waals surface area contributed by atoms with Gasteiger partial charge in [0.05, 0.1) is 28.9 Å². The van der Waals surface area contributed by atoms with Crippen LogP contribution in [0.1, 0.15) is 52.0 Å². The van der Waals surface area contributed by atoms with Crippen molar-refractivity contribution in [3.05, 3.63) is 100 Å². The molecule has 4 rings (SSSR count). The molecule has 2 aromatic carbocycles. The number of urea groups is 1. The molecule has 1 aromatic heterocycles. The largest absolute Gasteiger partial charge is 0.418 e. The summed E-state index contributed by atoms with van der Waals surface area (Å²) in [6.45, 7) is 0. The van der Waals surface area contributed by atoms with Crippen molar-refractivity contribution in [3.63, 3.8) is 0 Å². The molecule has 3 aromatic rings. The predicted octanol–water partition coefficient (Wildman–Crippen LogP) is 6.20. The van der Waals surface area contributed by atoms with Crippen LogP contribution in [-0.2, 0) is 18.8 Å². The van der Waals surface area contributed by atoms with E-state index in [1.807, 2.05) is 24.3 Å². The van der Waals surface area contributed by atoms with Crippen LogP contribution in [-0.4, -0.2) is 11.0 Å². The summed E-state index contributed by atoms with van der Waals surface area (Å²) in [6.07, 6.45) is -6.90. The number of carbonyl (C=O) groups excluding carboxylic acids is 1. The summed E-state index contributed by atoms with van der Waals surface area (Å²) in [4.78, 5) is 16.7. The standard InChI is InChI=1S/C24H19F6N3O/c25-23(26,27)16-10-7-15(8-11-16)20(21-18(24(28,29)30)6-3-13-31-21)33-22(34)32-19-12-9-14-4-1-2-5-17(14)19/h1-8,10-11,13,19-20H,9,12H2,(H2,32,33,34). The molecule has 0 spiro atoms. The maximum Gasteiger partial charge on any atom is 0.418 e. The normalized spacial score (nSPS) is 16.6. The number of hydrogen-bond donors (Lipinski definition) is 2. The Labute approximate surface area is 191 Å². The van der Waals surface area contributed by atoms with Crippen molar-refractivity contribution in [2.45, 2.75) is 37.3 Å². The van der Waals surface area contributed by atoms with Crippen molar-refractivity contribution in [2.24, 2.45) is 0 Å². The molecule has 0 radical (unpaired) electrons. The van der Waals surface area contributed by atoms with Crippen LogP contribution >= 0.6 is 0 Å². The number of halogens is 6. The van der Waals surface area contributed by atoms with Crippen molar-refractivity contribution in [1.29, 1.82) is 0 Å². The van der Waals surface area contributed by atoms with Crippen LogP contribution in [0.4, 0.5) is 31.1 Å². The van der Waals surface area contributed by atoms with Gasteiger partial charge in [-0.2, -0.15) is 26.3 Å². The first-order valence-corrected chi connectivity index (χ1v) is 10.4. The first-order valence-electron chi connectivity index (χ1n) is 10.4. The Morgan fingerprint density at radius 2 is 1.62 bits per heavy atom. The van der Waals surface area contributed by atoms with E-state index in [9.17, 15) is 31.1 Å². The number of aromatic nitrogens is 1. The van der Waals surface area contributed by atoms with Gasteiger partial charge < -0.3 is 10.6 Å². The van der Waals surface area contributed by atoms with Crippen molar-refractivity contribution in [3.8, 4) is 0 Å². The van der Waals surface area contributed by atoms with Crippen LogP contribution < -0.4 is 10.6 Å². The quantitative estimate of drug-likeness (QED) is 0.438. The highest BCUT2D eigenvalue weighted by atomic mass is 19.4. The van der Waals surface area contributed by atoms with E-state index in [1.54, 1.807) is 0 Å². The van der Waals surface area contributed by atoms with Gasteiger partial charge in [0.2, 0.25) is 0 Å². The van der Waals surface area contributed by atoms with Gasteiger partial charge in [-0.05, 0) is 53.8 Å². The maximum atomic E-state index is 13.7. The number of amides is 2. The van der Waals surface area contributed by atoms with E-state index in [0.717, 1.165) is 60.1 Å². The van der Waals surface area contributed by atoms with E-state index < -0.39 is 41.2 Å². The summed E-state index contributed by atoms with van der Waals surface area (Å²) < 4.78 is 79.9. The van der Waals surface area contributed by atoms with Crippen LogP contribution in [0.5, 0.6) is 0 Å². The fraction of sp³-hybridized carbons (Fsp3) is 0.250. The molecular formula is C24H19F6N3O. The van der Waals surface area contributed by atoms with Crippen LogP contribution in [0.3, 0.4) is 0 Å². The number of hydrogen-bond acceptors (Lipinski definition) is 2. The fourth-order valence-electron chi connectivity index (χ4n) is 4.10. The van der Waals surface area contributed by atoms with E-state index in [4.69, 9.17) is 0 Å². The number of fused-ring (bicyclic) bond motifs is 1. The average molecular weight is 479 g/mol. The molecule has 34 heavy (non-hydrogen) atoms. The lowest BCUT2D eigenvalue weighted by atomic mass is 9.98. The Balaban J connectivity index is 1.66. The number of benzene rings is 2. The Hall–Kier alpha value is -3.56. The van der Waals surface area contributed by atoms with E-state index in [-0.39, 0.29) is 11.6 Å². The van der Waals surface area contributed by atoms with Crippen LogP contribution in [0.25, 0.3) is 0 Å². The molecule has 0 fully saturated rings. The number of aryl methyl sites for hydroxylation is 1. The molecule has 1 aliphatic rings. The van der Waals surface area contributed by atoms with Crippen LogP contribution in [0.2, 0.25) is 0 Å². The number of alkyl halides is 6. The summed E-state index contributed by atoms with van der Waals surface area (Å²) >= 11 is 0. The predicted molar refractivity (Wildman–Crippen MR) is 112 cm³/mol. The SMILES string of the molecule is O=C(NC1CCc2ccccc21)NC(c1ccc(C(F)(F)F)cc1)c1ncccc1C(F)(F)F. The van der Waals surface area contributed by atoms with Gasteiger partial charge in [0.1, 0.15) is 0 Å². The molecule has 4 nitrogen and oxygen atoms in total. The third kappa shape index (κ3) is 5.00. The van der Waals surface area contributed by atoms with Gasteiger partial charge in [0.25, 0.3) is 0 Å². The van der Waals surface area contributed by atoms with Crippen molar-refractivity contribution in [1.82, 2.24) is 15.6 Å². The molecule has 10 heteroatoms. The van der Waals surface area contributed by atoms with E-state index >= 15 is 0 Å². The zero-order valence-corrected chi connectivity index (χ0v) is 17.5. The van der Waals surface area contributed by atoms with E-state index in [2.05, 4.69) is 15.6 Å². The Morgan fingerprint density at radius 1 is 0.912 bits per heavy atom. The molecule has 2 N–H and O–H groups in total. The monoisotopic (exact) mass is 479 g/mol. The number of pyridine rings is 1. The Kier molecular flexibility index (Phi) is 6.24. The molecule has 2 atom stereocenters. The highest BCUT2D eigenvalue weighted by Gasteiger charge is 2.37. The second-order valence-electron chi connectivity index (χ2n) is 7.89. The second kappa shape index (κ2) is 9.00. The minimum absolute atomic E-state index is 0.0270. The minimum atomic E-state index is -4.78. The van der Waals surface area contributed by atoms with Crippen molar-refractivity contribution < 1.29 is 31.1 Å². The molecule has 2 amide bonds. The summed E-state index contributed by atoms with van der Waals surface area (Å²) in [7, 11) is 0. The molecule has 1 aliphatic carbocycles. The third-order valence-electron chi connectivity index (χ3n) is 5.70. The topological polar surface area (TPSA) is 54.0 Å². The lowest BCUT2D eigenvalue weighted by Gasteiger charge is -2.24. The van der Waals surface area contributed by atoms with Gasteiger partial charge in [0.15, 0.2) is 0 Å². The van der Waals surface area contributed by atoms with Gasteiger partial charge >= 0.3 is 18.4 Å². The molecule has 0 saturated carbocycles. The summed E-state index contributed by atoms with van der Waals surface area (Å²) in [5.41, 5.74) is -0.560. The Bertz CT molecular complexity index is 1170. The fourth-order valence-corrected chi connectivity index (χ4v) is 4.10. The Morgan fingerprint density at radius 3 is 2.29 bits per heavy atom. The molecular weight excluding hydrogens is 460 g/mol. The molecule has 0 bridgehead atoms. The molecule has 0 aliphatic heterocycles. The number of carbonyl (C=O) groups is 1. The van der Waals surface area contributed by atoms with Gasteiger partial charge in [0, 0.05) is 6.20 Å². The minimum Gasteiger partial charge on any atom is -0.331 e. The molecule has 0 saturated heterocycles. The summed E-state index contributed by atoms with van der Waals surface area (Å²) in [6, 6.07) is 10.5. The van der Waals surface area contributed by atoms with E-state index in [1.165, 1.54) is 0 Å². The lowest BCUT2D eigenvalue weighted by molar-refractivity contribution is -0.139. The number of nitrogens with one attached hydrogen (secondary N) is 2. The lowest BCUT2D eigenvalue weighted by Crippen LogP contribution is -2.40. The first kappa shape index (κ1) is 23.6. The van der Waals surface area contributed by atoms with Crippen molar-refractivity contribution >= 4 is 6.03 Å². The van der Waals surface area contributed by atoms with Crippen molar-refractivity contribution in [2.75, 3.05) is 0 Å².